The van der Waals surface area contributed by atoms with Crippen molar-refractivity contribution in [2.45, 2.75) is 336 Å². The fourth-order valence-electron chi connectivity index (χ4n) is 8.89. The van der Waals surface area contributed by atoms with E-state index in [9.17, 15) is 0 Å². The molecule has 0 heterocycles. The first-order chi connectivity index (χ1) is 28.8. The largest absolute Gasteiger partial charge is 0.382 e. The Morgan fingerprint density at radius 2 is 0.190 bits per heavy atom. The summed E-state index contributed by atoms with van der Waals surface area (Å²) >= 11 is 0. The number of ether oxygens (including phenoxy) is 2. The average molecular weight is 822 g/mol. The van der Waals surface area contributed by atoms with Gasteiger partial charge in [-0.3, -0.25) is 0 Å². The summed E-state index contributed by atoms with van der Waals surface area (Å²) in [6, 6.07) is 0. The van der Waals surface area contributed by atoms with E-state index in [1.54, 1.807) is 0 Å². The van der Waals surface area contributed by atoms with Gasteiger partial charge in [-0.15, -0.1) is 0 Å². The van der Waals surface area contributed by atoms with Crippen LogP contribution in [0, 0.1) is 0 Å². The van der Waals surface area contributed by atoms with E-state index in [0.29, 0.717) is 0 Å². The summed E-state index contributed by atoms with van der Waals surface area (Å²) in [5.74, 6) is 0. The second-order valence-electron chi connectivity index (χ2n) is 18.5. The molecule has 0 spiro atoms. The fraction of sp³-hybridized carbons (Fsp3) is 1.00. The van der Waals surface area contributed by atoms with Crippen molar-refractivity contribution in [1.82, 2.24) is 0 Å². The Morgan fingerprint density at radius 3 is 0.207 bits per heavy atom. The molecule has 8 aliphatic rings. The molecule has 0 aromatic rings. The van der Waals surface area contributed by atoms with Gasteiger partial charge in [0.05, 0.1) is 0 Å². The summed E-state index contributed by atoms with van der Waals surface area (Å²) in [6.07, 6.45) is 72.0. The van der Waals surface area contributed by atoms with Crippen LogP contribution < -0.4 is 0 Å². The Hall–Kier alpha value is -0.0800. The minimum atomic E-state index is 0.844. The first-order valence-corrected chi connectivity index (χ1v) is 28.0. The summed E-state index contributed by atoms with van der Waals surface area (Å²) in [5, 5.41) is 0. The van der Waals surface area contributed by atoms with Crippen LogP contribution in [0.3, 0.4) is 0 Å². The first-order valence-electron chi connectivity index (χ1n) is 28.0. The van der Waals surface area contributed by atoms with Gasteiger partial charge in [0.25, 0.3) is 0 Å². The lowest BCUT2D eigenvalue weighted by molar-refractivity contribution is 0.162. The molecule has 0 bridgehead atoms. The second kappa shape index (κ2) is 61.2. The highest BCUT2D eigenvalue weighted by atomic mass is 16.5. The maximum Gasteiger partial charge on any atom is 0.0437 e. The number of rotatable bonds is 4. The zero-order valence-electron chi connectivity index (χ0n) is 41.6. The number of hydrogen-bond acceptors (Lipinski definition) is 2. The molecule has 0 saturated heterocycles. The smallest absolute Gasteiger partial charge is 0.0437 e. The second-order valence-corrected chi connectivity index (χ2v) is 18.5. The van der Waals surface area contributed by atoms with Crippen molar-refractivity contribution >= 4 is 0 Å². The zero-order valence-corrected chi connectivity index (χ0v) is 41.6. The van der Waals surface area contributed by atoms with Gasteiger partial charge in [0.2, 0.25) is 0 Å². The summed E-state index contributed by atoms with van der Waals surface area (Å²) in [7, 11) is 0. The van der Waals surface area contributed by atoms with E-state index in [2.05, 4.69) is 0 Å². The molecule has 2 heteroatoms. The monoisotopic (exact) mass is 821 g/mol. The molecule has 8 fully saturated rings. The average Bonchev–Trinajstić information content (AvgIpc) is 3.36. The SMILES string of the molecule is C1CCCCC1.C1CCCCC1.C1CCCCC1.C1CCCCC1.C1CCCCC1.C1CCCCC1.C1CCCCC1.C1CCCCC1.CCOCC.CCOCC. The van der Waals surface area contributed by atoms with Crippen molar-refractivity contribution in [1.29, 1.82) is 0 Å². The minimum Gasteiger partial charge on any atom is -0.382 e. The quantitative estimate of drug-likeness (QED) is 0.281. The van der Waals surface area contributed by atoms with Crippen molar-refractivity contribution in [3.05, 3.63) is 0 Å². The van der Waals surface area contributed by atoms with Crippen molar-refractivity contribution in [2.24, 2.45) is 0 Å². The highest BCUT2D eigenvalue weighted by Gasteiger charge is 1.99. The molecule has 0 amide bonds. The predicted octanol–water partition coefficient (Wildman–Crippen LogP) is 20.8. The van der Waals surface area contributed by atoms with Gasteiger partial charge >= 0.3 is 0 Å². The highest BCUT2D eigenvalue weighted by Crippen LogP contribution is 2.19. The Bertz CT molecular complexity index is 356. The van der Waals surface area contributed by atoms with Crippen LogP contribution in [-0.2, 0) is 9.47 Å². The molecule has 0 aromatic carbocycles. The lowest BCUT2D eigenvalue weighted by Crippen LogP contribution is -1.85. The van der Waals surface area contributed by atoms with Crippen LogP contribution in [0.15, 0.2) is 0 Å². The maximum atomic E-state index is 4.83. The van der Waals surface area contributed by atoms with Gasteiger partial charge in [0.1, 0.15) is 0 Å². The van der Waals surface area contributed by atoms with Crippen molar-refractivity contribution in [2.75, 3.05) is 26.4 Å². The molecule has 0 aromatic heterocycles. The van der Waals surface area contributed by atoms with E-state index < -0.39 is 0 Å². The van der Waals surface area contributed by atoms with Crippen LogP contribution in [-0.4, -0.2) is 26.4 Å². The van der Waals surface area contributed by atoms with Crippen LogP contribution in [0.2, 0.25) is 0 Å². The predicted molar refractivity (Wildman–Crippen MR) is 266 cm³/mol. The lowest BCUT2D eigenvalue weighted by Gasteiger charge is -2.05. The van der Waals surface area contributed by atoms with Crippen molar-refractivity contribution in [3.8, 4) is 0 Å². The van der Waals surface area contributed by atoms with Crippen LogP contribution in [0.25, 0.3) is 0 Å². The van der Waals surface area contributed by atoms with Crippen LogP contribution >= 0.6 is 0 Å². The molecule has 8 rings (SSSR count). The summed E-state index contributed by atoms with van der Waals surface area (Å²) < 4.78 is 9.67. The third-order valence-electron chi connectivity index (χ3n) is 12.8. The van der Waals surface area contributed by atoms with E-state index in [1.807, 2.05) is 27.7 Å². The Kier molecular flexibility index (Phi) is 63.3. The molecular weight excluding hydrogens is 705 g/mol. The normalized spacial score (nSPS) is 21.3. The molecule has 0 radical (unpaired) electrons. The molecule has 0 N–H and O–H groups in total. The number of hydrogen-bond donors (Lipinski definition) is 0. The van der Waals surface area contributed by atoms with Gasteiger partial charge in [0.15, 0.2) is 0 Å². The summed E-state index contributed by atoms with van der Waals surface area (Å²) in [6.45, 7) is 11.3. The van der Waals surface area contributed by atoms with Crippen molar-refractivity contribution in [3.63, 3.8) is 0 Å². The van der Waals surface area contributed by atoms with Crippen LogP contribution in [0.5, 0.6) is 0 Å². The summed E-state index contributed by atoms with van der Waals surface area (Å²) in [5.41, 5.74) is 0. The van der Waals surface area contributed by atoms with E-state index in [1.165, 1.54) is 308 Å². The molecule has 0 unspecified atom stereocenters. The van der Waals surface area contributed by atoms with E-state index in [-0.39, 0.29) is 0 Å². The third kappa shape index (κ3) is 62.6. The Balaban J connectivity index is 0. The van der Waals surface area contributed by atoms with Crippen molar-refractivity contribution < 1.29 is 9.47 Å². The summed E-state index contributed by atoms with van der Waals surface area (Å²) in [4.78, 5) is 0. The molecule has 2 nitrogen and oxygen atoms in total. The standard InChI is InChI=1S/8C6H12.2C4H10O/c8*1-2-4-6-5-3-1;2*1-3-5-4-2/h8*1-6H2;2*3-4H2,1-2H3. The molecular formula is C56H116O2. The third-order valence-corrected chi connectivity index (χ3v) is 12.8. The Labute approximate surface area is 370 Å². The van der Waals surface area contributed by atoms with Gasteiger partial charge in [0, 0.05) is 26.4 Å². The molecule has 352 valence electrons. The fourth-order valence-corrected chi connectivity index (χ4v) is 8.89. The zero-order chi connectivity index (χ0) is 42.2. The molecule has 8 saturated carbocycles. The Morgan fingerprint density at radius 1 is 0.138 bits per heavy atom. The van der Waals surface area contributed by atoms with Crippen LogP contribution in [0.4, 0.5) is 0 Å². The molecule has 8 aliphatic carbocycles. The van der Waals surface area contributed by atoms with Gasteiger partial charge in [-0.1, -0.05) is 308 Å². The van der Waals surface area contributed by atoms with E-state index >= 15 is 0 Å². The maximum absolute atomic E-state index is 4.83. The first kappa shape index (κ1) is 60.0. The van der Waals surface area contributed by atoms with E-state index in [0.717, 1.165) is 26.4 Å². The van der Waals surface area contributed by atoms with Gasteiger partial charge < -0.3 is 9.47 Å². The topological polar surface area (TPSA) is 18.5 Å². The van der Waals surface area contributed by atoms with Gasteiger partial charge in [-0.2, -0.15) is 0 Å². The van der Waals surface area contributed by atoms with Gasteiger partial charge in [-0.05, 0) is 27.7 Å². The lowest BCUT2D eigenvalue weighted by atomic mass is 10.0. The van der Waals surface area contributed by atoms with Gasteiger partial charge in [-0.25, -0.2) is 0 Å². The van der Waals surface area contributed by atoms with E-state index in [4.69, 9.17) is 9.47 Å². The minimum absolute atomic E-state index is 0.844. The molecule has 0 aliphatic heterocycles. The molecule has 58 heavy (non-hydrogen) atoms. The highest BCUT2D eigenvalue weighted by molar-refractivity contribution is 4.55. The van der Waals surface area contributed by atoms with Crippen LogP contribution in [0.1, 0.15) is 336 Å². The molecule has 0 atom stereocenters.